The van der Waals surface area contributed by atoms with Crippen LogP contribution in [0.15, 0.2) is 18.3 Å². The Morgan fingerprint density at radius 2 is 2.00 bits per heavy atom. The Bertz CT molecular complexity index is 621. The maximum Gasteiger partial charge on any atom is 0.126 e. The topological polar surface area (TPSA) is 34.1 Å². The van der Waals surface area contributed by atoms with Crippen molar-refractivity contribution in [3.05, 3.63) is 29.6 Å². The molecule has 1 aliphatic heterocycles. The van der Waals surface area contributed by atoms with Crippen LogP contribution in [0.5, 0.6) is 5.75 Å². The van der Waals surface area contributed by atoms with E-state index in [0.717, 1.165) is 30.5 Å². The largest absolute Gasteiger partial charge is 0.493 e. The number of hydrogen-bond donors (Lipinski definition) is 1. The van der Waals surface area contributed by atoms with Crippen LogP contribution in [0, 0.1) is 17.3 Å². The van der Waals surface area contributed by atoms with Crippen LogP contribution in [0.1, 0.15) is 63.6 Å². The van der Waals surface area contributed by atoms with Crippen LogP contribution >= 0.6 is 0 Å². The Hall–Kier alpha value is -1.51. The smallest absolute Gasteiger partial charge is 0.126 e. The predicted octanol–water partition coefficient (Wildman–Crippen LogP) is 4.35. The molecule has 0 aromatic carbocycles. The van der Waals surface area contributed by atoms with Crippen LogP contribution in [-0.4, -0.2) is 18.1 Å². The van der Waals surface area contributed by atoms with Gasteiger partial charge in [-0.25, -0.2) is 0 Å². The average Bonchev–Trinajstić information content (AvgIpc) is 3.43. The molecule has 1 aromatic rings. The minimum absolute atomic E-state index is 0.286. The van der Waals surface area contributed by atoms with E-state index in [2.05, 4.69) is 44.4 Å². The Balaban J connectivity index is 1.57. The molecule has 1 atom stereocenters. The third-order valence-corrected chi connectivity index (χ3v) is 5.35. The van der Waals surface area contributed by atoms with Crippen molar-refractivity contribution in [2.24, 2.45) is 17.3 Å². The summed E-state index contributed by atoms with van der Waals surface area (Å²) in [7, 11) is 0. The quantitative estimate of drug-likeness (QED) is 0.877. The van der Waals surface area contributed by atoms with Crippen LogP contribution < -0.4 is 10.1 Å². The van der Waals surface area contributed by atoms with E-state index < -0.39 is 0 Å². The van der Waals surface area contributed by atoms with Gasteiger partial charge in [-0.05, 0) is 42.9 Å². The molecule has 0 saturated heterocycles. The van der Waals surface area contributed by atoms with Gasteiger partial charge in [0.05, 0.1) is 18.0 Å². The summed E-state index contributed by atoms with van der Waals surface area (Å²) < 4.78 is 6.16. The molecule has 3 aliphatic rings. The first-order valence-electron chi connectivity index (χ1n) is 9.09. The lowest BCUT2D eigenvalue weighted by Crippen LogP contribution is -2.23. The fraction of sp³-hybridized carbons (Fsp3) is 0.650. The van der Waals surface area contributed by atoms with Crippen molar-refractivity contribution in [3.63, 3.8) is 0 Å². The highest BCUT2D eigenvalue weighted by atomic mass is 16.5. The lowest BCUT2D eigenvalue weighted by molar-refractivity contribution is 0.296. The fourth-order valence-corrected chi connectivity index (χ4v) is 3.18. The third-order valence-electron chi connectivity index (χ3n) is 5.35. The highest BCUT2D eigenvalue weighted by molar-refractivity contribution is 5.65. The van der Waals surface area contributed by atoms with Crippen molar-refractivity contribution in [3.8, 4) is 5.75 Å². The zero-order chi connectivity index (χ0) is 16.0. The Morgan fingerprint density at radius 1 is 1.22 bits per heavy atom. The molecular formula is C20H28N2O. The SMILES string of the molecule is CC(C)(C)[C@@H]1C=C(c2cc(OCC3CC3)c(C3CC3)cn2)NC1. The summed E-state index contributed by atoms with van der Waals surface area (Å²) in [4.78, 5) is 4.73. The molecule has 2 heterocycles. The zero-order valence-corrected chi connectivity index (χ0v) is 14.6. The first-order valence-corrected chi connectivity index (χ1v) is 9.09. The van der Waals surface area contributed by atoms with Crippen LogP contribution in [0.4, 0.5) is 0 Å². The van der Waals surface area contributed by atoms with Crippen LogP contribution in [0.3, 0.4) is 0 Å². The first kappa shape index (κ1) is 15.0. The summed E-state index contributed by atoms with van der Waals surface area (Å²) in [5.74, 6) is 3.09. The predicted molar refractivity (Wildman–Crippen MR) is 93.4 cm³/mol. The Labute approximate surface area is 139 Å². The minimum Gasteiger partial charge on any atom is -0.493 e. The molecular weight excluding hydrogens is 284 g/mol. The number of hydrogen-bond acceptors (Lipinski definition) is 3. The van der Waals surface area contributed by atoms with Gasteiger partial charge in [0.1, 0.15) is 5.75 Å². The lowest BCUT2D eigenvalue weighted by atomic mass is 9.81. The summed E-state index contributed by atoms with van der Waals surface area (Å²) in [6.07, 6.45) is 9.64. The van der Waals surface area contributed by atoms with Gasteiger partial charge in [-0.1, -0.05) is 26.8 Å². The molecule has 0 unspecified atom stereocenters. The second-order valence-electron chi connectivity index (χ2n) is 8.57. The molecule has 2 aliphatic carbocycles. The van der Waals surface area contributed by atoms with E-state index in [-0.39, 0.29) is 5.41 Å². The lowest BCUT2D eigenvalue weighted by Gasteiger charge is -2.24. The number of nitrogens with zero attached hydrogens (tertiary/aromatic N) is 1. The maximum absolute atomic E-state index is 6.16. The number of pyridine rings is 1. The molecule has 124 valence electrons. The second kappa shape index (κ2) is 5.54. The number of nitrogens with one attached hydrogen (secondary N) is 1. The average molecular weight is 312 g/mol. The molecule has 3 heteroatoms. The van der Waals surface area contributed by atoms with Gasteiger partial charge in [0.2, 0.25) is 0 Å². The van der Waals surface area contributed by atoms with Crippen molar-refractivity contribution >= 4 is 5.70 Å². The number of rotatable bonds is 5. The highest BCUT2D eigenvalue weighted by Gasteiger charge is 2.31. The molecule has 4 rings (SSSR count). The van der Waals surface area contributed by atoms with E-state index in [0.29, 0.717) is 11.8 Å². The molecule has 1 aromatic heterocycles. The molecule has 0 radical (unpaired) electrons. The van der Waals surface area contributed by atoms with Gasteiger partial charge in [-0.15, -0.1) is 0 Å². The van der Waals surface area contributed by atoms with Crippen LogP contribution in [-0.2, 0) is 0 Å². The second-order valence-corrected chi connectivity index (χ2v) is 8.57. The van der Waals surface area contributed by atoms with Gasteiger partial charge in [-0.2, -0.15) is 0 Å². The molecule has 23 heavy (non-hydrogen) atoms. The van der Waals surface area contributed by atoms with Gasteiger partial charge in [-0.3, -0.25) is 4.98 Å². The molecule has 2 saturated carbocycles. The third kappa shape index (κ3) is 3.39. The number of aromatic nitrogens is 1. The molecule has 2 fully saturated rings. The van der Waals surface area contributed by atoms with Gasteiger partial charge in [0.15, 0.2) is 0 Å². The minimum atomic E-state index is 0.286. The van der Waals surface area contributed by atoms with Gasteiger partial charge < -0.3 is 10.1 Å². The Morgan fingerprint density at radius 3 is 2.61 bits per heavy atom. The standard InChI is InChI=1S/C20H28N2O/c1-20(2,3)15-8-17(21-10-15)18-9-19(23-12-13-4-5-13)16(11-22-18)14-6-7-14/h8-9,11,13-15,21H,4-7,10,12H2,1-3H3/t15-/m1/s1. The van der Waals surface area contributed by atoms with Crippen molar-refractivity contribution in [2.75, 3.05) is 13.2 Å². The summed E-state index contributed by atoms with van der Waals surface area (Å²) in [5, 5.41) is 3.54. The molecule has 0 spiro atoms. The molecule has 1 N–H and O–H groups in total. The van der Waals surface area contributed by atoms with Gasteiger partial charge in [0.25, 0.3) is 0 Å². The van der Waals surface area contributed by atoms with Crippen molar-refractivity contribution in [1.82, 2.24) is 10.3 Å². The monoisotopic (exact) mass is 312 g/mol. The Kier molecular flexibility index (Phi) is 3.62. The van der Waals surface area contributed by atoms with Crippen molar-refractivity contribution in [2.45, 2.75) is 52.4 Å². The summed E-state index contributed by atoms with van der Waals surface area (Å²) >= 11 is 0. The zero-order valence-electron chi connectivity index (χ0n) is 14.6. The van der Waals surface area contributed by atoms with Crippen LogP contribution in [0.25, 0.3) is 5.70 Å². The van der Waals surface area contributed by atoms with Crippen molar-refractivity contribution < 1.29 is 4.74 Å². The van der Waals surface area contributed by atoms with E-state index in [1.54, 1.807) is 0 Å². The van der Waals surface area contributed by atoms with E-state index in [1.807, 2.05) is 0 Å². The summed E-state index contributed by atoms with van der Waals surface area (Å²) in [6, 6.07) is 2.17. The van der Waals surface area contributed by atoms with Gasteiger partial charge >= 0.3 is 0 Å². The first-order chi connectivity index (χ1) is 11.0. The van der Waals surface area contributed by atoms with Crippen molar-refractivity contribution in [1.29, 1.82) is 0 Å². The molecule has 0 bridgehead atoms. The normalized spacial score (nSPS) is 24.3. The van der Waals surface area contributed by atoms with E-state index >= 15 is 0 Å². The van der Waals surface area contributed by atoms with Crippen LogP contribution in [0.2, 0.25) is 0 Å². The molecule has 0 amide bonds. The highest BCUT2D eigenvalue weighted by Crippen LogP contribution is 2.45. The summed E-state index contributed by atoms with van der Waals surface area (Å²) in [6.45, 7) is 8.77. The van der Waals surface area contributed by atoms with Gasteiger partial charge in [0, 0.05) is 30.3 Å². The van der Waals surface area contributed by atoms with E-state index in [4.69, 9.17) is 9.72 Å². The number of ether oxygens (including phenoxy) is 1. The van der Waals surface area contributed by atoms with E-state index in [1.165, 1.54) is 36.9 Å². The van der Waals surface area contributed by atoms with E-state index in [9.17, 15) is 0 Å². The molecule has 3 nitrogen and oxygen atoms in total. The fourth-order valence-electron chi connectivity index (χ4n) is 3.18. The maximum atomic E-state index is 6.16. The summed E-state index contributed by atoms with van der Waals surface area (Å²) in [5.41, 5.74) is 3.81.